The van der Waals surface area contributed by atoms with Crippen molar-refractivity contribution in [1.29, 1.82) is 0 Å². The average molecular weight is 316 g/mol. The Bertz CT molecular complexity index is 604. The maximum absolute atomic E-state index is 12.1. The molecular weight excluding hydrogens is 300 g/mol. The Morgan fingerprint density at radius 1 is 1.19 bits per heavy atom. The molecule has 0 aliphatic rings. The van der Waals surface area contributed by atoms with Gasteiger partial charge in [-0.05, 0) is 30.7 Å². The molecule has 0 aliphatic heterocycles. The fraction of sp³-hybridized carbons (Fsp3) is 0.385. The fourth-order valence-electron chi connectivity index (χ4n) is 1.72. The summed E-state index contributed by atoms with van der Waals surface area (Å²) in [6.07, 6.45) is -0.630. The largest absolute Gasteiger partial charge is 0.497 e. The number of ether oxygens (including phenoxy) is 1. The van der Waals surface area contributed by atoms with Crippen LogP contribution < -0.4 is 4.74 Å². The summed E-state index contributed by atoms with van der Waals surface area (Å²) in [5.41, 5.74) is 0. The second-order valence-corrected chi connectivity index (χ2v) is 6.46. The lowest BCUT2D eigenvalue weighted by atomic mass is 10.1. The normalized spacial score (nSPS) is 12.6. The fourth-order valence-corrected chi connectivity index (χ4v) is 3.30. The van der Waals surface area contributed by atoms with E-state index in [9.17, 15) is 18.0 Å². The Kier molecular flexibility index (Phi) is 5.71. The first kappa shape index (κ1) is 17.0. The zero-order valence-corrected chi connectivity index (χ0v) is 12.2. The van der Waals surface area contributed by atoms with E-state index in [-0.39, 0.29) is 11.3 Å². The molecule has 0 aromatic heterocycles. The molecule has 1 aromatic carbocycles. The van der Waals surface area contributed by atoms with E-state index in [4.69, 9.17) is 14.9 Å². The third-order valence-electron chi connectivity index (χ3n) is 2.90. The molecule has 0 fully saturated rings. The number of sulfone groups is 1. The van der Waals surface area contributed by atoms with Crippen LogP contribution in [0.1, 0.15) is 12.8 Å². The van der Waals surface area contributed by atoms with Gasteiger partial charge in [0.25, 0.3) is 0 Å². The Labute approximate surface area is 122 Å². The molecule has 21 heavy (non-hydrogen) atoms. The second-order valence-electron chi connectivity index (χ2n) is 4.42. The zero-order valence-electron chi connectivity index (χ0n) is 11.4. The highest BCUT2D eigenvalue weighted by molar-refractivity contribution is 7.91. The molecule has 0 spiro atoms. The predicted octanol–water partition coefficient (Wildman–Crippen LogP) is 1.03. The maximum Gasteiger partial charge on any atom is 0.307 e. The summed E-state index contributed by atoms with van der Waals surface area (Å²) in [4.78, 5) is 21.5. The van der Waals surface area contributed by atoms with Crippen molar-refractivity contribution in [3.63, 3.8) is 0 Å². The highest BCUT2D eigenvalue weighted by Gasteiger charge is 2.27. The van der Waals surface area contributed by atoms with Gasteiger partial charge in [0.1, 0.15) is 5.75 Å². The molecular formula is C13H16O7S. The number of benzene rings is 1. The maximum atomic E-state index is 12.1. The van der Waals surface area contributed by atoms with E-state index >= 15 is 0 Å². The predicted molar refractivity (Wildman–Crippen MR) is 73.0 cm³/mol. The van der Waals surface area contributed by atoms with E-state index in [2.05, 4.69) is 0 Å². The third kappa shape index (κ3) is 5.07. The van der Waals surface area contributed by atoms with Gasteiger partial charge in [-0.15, -0.1) is 0 Å². The van der Waals surface area contributed by atoms with E-state index < -0.39 is 39.9 Å². The second kappa shape index (κ2) is 7.07. The molecule has 0 amide bonds. The standard InChI is InChI=1S/C13H16O7S/c1-20-10-3-5-11(6-4-10)21(18,19)8-9(13(16)17)2-7-12(14)15/h3-6,9H,2,7-8H2,1H3,(H,14,15)(H,16,17)/t9-/m1/s1. The molecule has 0 bridgehead atoms. The van der Waals surface area contributed by atoms with Gasteiger partial charge >= 0.3 is 11.9 Å². The third-order valence-corrected chi connectivity index (χ3v) is 4.73. The molecule has 0 saturated carbocycles. The summed E-state index contributed by atoms with van der Waals surface area (Å²) >= 11 is 0. The lowest BCUT2D eigenvalue weighted by Gasteiger charge is -2.12. The molecule has 2 N–H and O–H groups in total. The minimum absolute atomic E-state index is 0.0233. The number of hydrogen-bond acceptors (Lipinski definition) is 5. The molecule has 7 nitrogen and oxygen atoms in total. The molecule has 0 radical (unpaired) electrons. The van der Waals surface area contributed by atoms with Crippen LogP contribution >= 0.6 is 0 Å². The van der Waals surface area contributed by atoms with Crippen LogP contribution in [0.15, 0.2) is 29.2 Å². The first-order valence-electron chi connectivity index (χ1n) is 6.07. The number of aliphatic carboxylic acids is 2. The van der Waals surface area contributed by atoms with Gasteiger partial charge < -0.3 is 14.9 Å². The first-order valence-corrected chi connectivity index (χ1v) is 7.73. The Morgan fingerprint density at radius 2 is 1.76 bits per heavy atom. The van der Waals surface area contributed by atoms with Gasteiger partial charge in [0.15, 0.2) is 9.84 Å². The Morgan fingerprint density at radius 3 is 2.19 bits per heavy atom. The van der Waals surface area contributed by atoms with Crippen molar-refractivity contribution in [2.75, 3.05) is 12.9 Å². The van der Waals surface area contributed by atoms with E-state index in [0.29, 0.717) is 5.75 Å². The van der Waals surface area contributed by atoms with Crippen LogP contribution in [0.5, 0.6) is 5.75 Å². The number of hydrogen-bond donors (Lipinski definition) is 2. The lowest BCUT2D eigenvalue weighted by molar-refractivity contribution is -0.142. The molecule has 1 aromatic rings. The zero-order chi connectivity index (χ0) is 16.0. The highest BCUT2D eigenvalue weighted by atomic mass is 32.2. The van der Waals surface area contributed by atoms with E-state index in [1.807, 2.05) is 0 Å². The van der Waals surface area contributed by atoms with Crippen molar-refractivity contribution in [3.8, 4) is 5.75 Å². The van der Waals surface area contributed by atoms with Crippen molar-refractivity contribution in [2.24, 2.45) is 5.92 Å². The Hall–Kier alpha value is -2.09. The van der Waals surface area contributed by atoms with Gasteiger partial charge in [0, 0.05) is 6.42 Å². The Balaban J connectivity index is 2.89. The molecule has 0 unspecified atom stereocenters. The van der Waals surface area contributed by atoms with Crippen molar-refractivity contribution in [3.05, 3.63) is 24.3 Å². The average Bonchev–Trinajstić information content (AvgIpc) is 2.43. The van der Waals surface area contributed by atoms with Crippen LogP contribution in [0, 0.1) is 5.92 Å². The monoisotopic (exact) mass is 316 g/mol. The van der Waals surface area contributed by atoms with Crippen molar-refractivity contribution in [1.82, 2.24) is 0 Å². The van der Waals surface area contributed by atoms with Crippen LogP contribution in [0.4, 0.5) is 0 Å². The van der Waals surface area contributed by atoms with Crippen molar-refractivity contribution < 1.29 is 33.0 Å². The van der Waals surface area contributed by atoms with Crippen LogP contribution in [0.2, 0.25) is 0 Å². The van der Waals surface area contributed by atoms with Crippen LogP contribution in [-0.4, -0.2) is 43.4 Å². The molecule has 0 aliphatic carbocycles. The topological polar surface area (TPSA) is 118 Å². The first-order chi connectivity index (χ1) is 9.76. The minimum Gasteiger partial charge on any atom is -0.497 e. The number of carboxylic acid groups (broad SMARTS) is 2. The van der Waals surface area contributed by atoms with Crippen LogP contribution in [0.3, 0.4) is 0 Å². The minimum atomic E-state index is -3.81. The smallest absolute Gasteiger partial charge is 0.307 e. The van der Waals surface area contributed by atoms with Gasteiger partial charge in [-0.2, -0.15) is 0 Å². The van der Waals surface area contributed by atoms with Gasteiger partial charge in [0.05, 0.1) is 23.7 Å². The summed E-state index contributed by atoms with van der Waals surface area (Å²) in [7, 11) is -2.37. The molecule has 1 atom stereocenters. The van der Waals surface area contributed by atoms with Crippen LogP contribution in [-0.2, 0) is 19.4 Å². The van der Waals surface area contributed by atoms with Gasteiger partial charge in [-0.25, -0.2) is 8.42 Å². The SMILES string of the molecule is COc1ccc(S(=O)(=O)C[C@@H](CCC(=O)O)C(=O)O)cc1. The van der Waals surface area contributed by atoms with Crippen molar-refractivity contribution in [2.45, 2.75) is 17.7 Å². The summed E-state index contributed by atoms with van der Waals surface area (Å²) in [6, 6.07) is 5.56. The van der Waals surface area contributed by atoms with E-state index in [1.54, 1.807) is 0 Å². The van der Waals surface area contributed by atoms with Gasteiger partial charge in [-0.3, -0.25) is 9.59 Å². The summed E-state index contributed by atoms with van der Waals surface area (Å²) in [6.45, 7) is 0. The lowest BCUT2D eigenvalue weighted by Crippen LogP contribution is -2.24. The summed E-state index contributed by atoms with van der Waals surface area (Å²) < 4.78 is 29.2. The number of rotatable bonds is 8. The summed E-state index contributed by atoms with van der Waals surface area (Å²) in [5.74, 6) is -3.90. The number of carbonyl (C=O) groups is 2. The number of carboxylic acids is 2. The van der Waals surface area contributed by atoms with Gasteiger partial charge in [-0.1, -0.05) is 0 Å². The van der Waals surface area contributed by atoms with Gasteiger partial charge in [0.2, 0.25) is 0 Å². The molecule has 1 rings (SSSR count). The molecule has 116 valence electrons. The van der Waals surface area contributed by atoms with Crippen LogP contribution in [0.25, 0.3) is 0 Å². The molecule has 0 saturated heterocycles. The van der Waals surface area contributed by atoms with E-state index in [0.717, 1.165) is 0 Å². The number of methoxy groups -OCH3 is 1. The quantitative estimate of drug-likeness (QED) is 0.735. The molecule has 0 heterocycles. The summed E-state index contributed by atoms with van der Waals surface area (Å²) in [5, 5.41) is 17.6. The van der Waals surface area contributed by atoms with E-state index in [1.165, 1.54) is 31.4 Å². The van der Waals surface area contributed by atoms with Crippen molar-refractivity contribution >= 4 is 21.8 Å². The molecule has 8 heteroatoms. The highest BCUT2D eigenvalue weighted by Crippen LogP contribution is 2.20.